The van der Waals surface area contributed by atoms with Crippen LogP contribution >= 0.6 is 0 Å². The fourth-order valence-electron chi connectivity index (χ4n) is 2.85. The Kier molecular flexibility index (Phi) is 6.08. The van der Waals surface area contributed by atoms with Crippen LogP contribution in [0.1, 0.15) is 45.4 Å². The molecule has 1 aliphatic rings. The molecular formula is C13H26O4S. The molecule has 0 amide bonds. The third-order valence-corrected chi connectivity index (χ3v) is 6.02. The second-order valence-corrected chi connectivity index (χ2v) is 7.82. The summed E-state index contributed by atoms with van der Waals surface area (Å²) in [5.74, 6) is 0.245. The zero-order valence-electron chi connectivity index (χ0n) is 11.3. The van der Waals surface area contributed by atoms with Gasteiger partial charge >= 0.3 is 0 Å². The van der Waals surface area contributed by atoms with Crippen LogP contribution in [0.15, 0.2) is 0 Å². The minimum Gasteiger partial charge on any atom is -0.396 e. The van der Waals surface area contributed by atoms with Crippen LogP contribution in [0.25, 0.3) is 0 Å². The lowest BCUT2D eigenvalue weighted by Crippen LogP contribution is -2.38. The van der Waals surface area contributed by atoms with E-state index < -0.39 is 15.3 Å². The Morgan fingerprint density at radius 1 is 1.17 bits per heavy atom. The normalized spacial score (nSPS) is 23.4. The zero-order chi connectivity index (χ0) is 13.6. The Bertz CT molecular complexity index is 333. The summed E-state index contributed by atoms with van der Waals surface area (Å²) in [7, 11) is -2.96. The number of rotatable bonds is 8. The predicted octanol–water partition coefficient (Wildman–Crippen LogP) is 1.36. The van der Waals surface area contributed by atoms with Crippen LogP contribution in [0.2, 0.25) is 0 Å². The van der Waals surface area contributed by atoms with Gasteiger partial charge < -0.3 is 10.2 Å². The minimum atomic E-state index is -2.96. The molecule has 0 saturated carbocycles. The van der Waals surface area contributed by atoms with Crippen LogP contribution in [-0.4, -0.2) is 43.4 Å². The fourth-order valence-corrected chi connectivity index (χ4v) is 4.80. The summed E-state index contributed by atoms with van der Waals surface area (Å²) in [5, 5.41) is 19.2. The molecule has 1 unspecified atom stereocenters. The zero-order valence-corrected chi connectivity index (χ0v) is 12.1. The molecule has 1 rings (SSSR count). The summed E-state index contributed by atoms with van der Waals surface area (Å²) in [6.45, 7) is 1.90. The van der Waals surface area contributed by atoms with E-state index in [4.69, 9.17) is 0 Å². The van der Waals surface area contributed by atoms with Gasteiger partial charge in [-0.2, -0.15) is 0 Å². The van der Waals surface area contributed by atoms with Crippen LogP contribution in [0.3, 0.4) is 0 Å². The van der Waals surface area contributed by atoms with Gasteiger partial charge in [0.15, 0.2) is 9.84 Å². The Balaban J connectivity index is 2.62. The van der Waals surface area contributed by atoms with Crippen molar-refractivity contribution >= 4 is 9.84 Å². The van der Waals surface area contributed by atoms with Crippen molar-refractivity contribution in [3.63, 3.8) is 0 Å². The van der Waals surface area contributed by atoms with E-state index in [0.717, 1.165) is 32.1 Å². The Labute approximate surface area is 110 Å². The maximum atomic E-state index is 11.5. The van der Waals surface area contributed by atoms with E-state index in [0.29, 0.717) is 6.42 Å². The Hall–Kier alpha value is -0.130. The third-order valence-electron chi connectivity index (χ3n) is 4.26. The molecule has 1 heterocycles. The van der Waals surface area contributed by atoms with Gasteiger partial charge in [0.1, 0.15) is 0 Å². The average molecular weight is 278 g/mol. The van der Waals surface area contributed by atoms with E-state index in [-0.39, 0.29) is 30.6 Å². The summed E-state index contributed by atoms with van der Waals surface area (Å²) >= 11 is 0. The predicted molar refractivity (Wildman–Crippen MR) is 72.1 cm³/mol. The lowest BCUT2D eigenvalue weighted by Gasteiger charge is -2.35. The van der Waals surface area contributed by atoms with E-state index in [1.54, 1.807) is 0 Å². The van der Waals surface area contributed by atoms with Gasteiger partial charge in [0, 0.05) is 5.41 Å². The molecule has 1 atom stereocenters. The molecule has 1 saturated heterocycles. The number of aliphatic hydroxyl groups is 2. The molecule has 0 bridgehead atoms. The molecule has 0 aromatic carbocycles. The highest BCUT2D eigenvalue weighted by Gasteiger charge is 2.43. The van der Waals surface area contributed by atoms with Crippen molar-refractivity contribution in [3.8, 4) is 0 Å². The second-order valence-electron chi connectivity index (χ2n) is 5.59. The first kappa shape index (κ1) is 15.9. The molecule has 108 valence electrons. The summed E-state index contributed by atoms with van der Waals surface area (Å²) in [5.41, 5.74) is -0.600. The SMILES string of the molecule is CCCCCCC(CO)(CO)C1CCS(=O)(=O)C1. The van der Waals surface area contributed by atoms with Gasteiger partial charge in [-0.3, -0.25) is 0 Å². The van der Waals surface area contributed by atoms with E-state index >= 15 is 0 Å². The molecule has 0 aromatic rings. The summed E-state index contributed by atoms with van der Waals surface area (Å²) in [6.07, 6.45) is 5.62. The van der Waals surface area contributed by atoms with Gasteiger partial charge in [-0.1, -0.05) is 32.6 Å². The van der Waals surface area contributed by atoms with Crippen molar-refractivity contribution in [2.24, 2.45) is 11.3 Å². The van der Waals surface area contributed by atoms with Crippen LogP contribution in [0.4, 0.5) is 0 Å². The number of sulfone groups is 1. The molecule has 2 N–H and O–H groups in total. The Morgan fingerprint density at radius 2 is 1.83 bits per heavy atom. The molecule has 1 aliphatic heterocycles. The minimum absolute atomic E-state index is 0.0841. The molecule has 0 spiro atoms. The molecule has 18 heavy (non-hydrogen) atoms. The van der Waals surface area contributed by atoms with E-state index in [2.05, 4.69) is 6.92 Å². The maximum Gasteiger partial charge on any atom is 0.150 e. The summed E-state index contributed by atoms with van der Waals surface area (Å²) in [4.78, 5) is 0. The molecular weight excluding hydrogens is 252 g/mol. The summed E-state index contributed by atoms with van der Waals surface area (Å²) in [6, 6.07) is 0. The largest absolute Gasteiger partial charge is 0.396 e. The highest BCUT2D eigenvalue weighted by atomic mass is 32.2. The molecule has 0 aliphatic carbocycles. The van der Waals surface area contributed by atoms with Gasteiger partial charge in [0.2, 0.25) is 0 Å². The van der Waals surface area contributed by atoms with Crippen molar-refractivity contribution in [2.75, 3.05) is 24.7 Å². The Morgan fingerprint density at radius 3 is 2.28 bits per heavy atom. The standard InChI is InChI=1S/C13H26O4S/c1-2-3-4-5-7-13(10-14,11-15)12-6-8-18(16,17)9-12/h12,14-15H,2-11H2,1H3. The van der Waals surface area contributed by atoms with Gasteiger partial charge in [-0.15, -0.1) is 0 Å². The number of hydrogen-bond acceptors (Lipinski definition) is 4. The smallest absolute Gasteiger partial charge is 0.150 e. The van der Waals surface area contributed by atoms with Gasteiger partial charge in [0.25, 0.3) is 0 Å². The third kappa shape index (κ3) is 3.93. The lowest BCUT2D eigenvalue weighted by atomic mass is 9.72. The molecule has 5 heteroatoms. The first-order valence-corrected chi connectivity index (χ1v) is 8.74. The van der Waals surface area contributed by atoms with Crippen LogP contribution in [0, 0.1) is 11.3 Å². The highest BCUT2D eigenvalue weighted by Crippen LogP contribution is 2.39. The van der Waals surface area contributed by atoms with Crippen molar-refractivity contribution in [3.05, 3.63) is 0 Å². The number of hydrogen-bond donors (Lipinski definition) is 2. The summed E-state index contributed by atoms with van der Waals surface area (Å²) < 4.78 is 23.1. The van der Waals surface area contributed by atoms with Crippen LogP contribution in [0.5, 0.6) is 0 Å². The van der Waals surface area contributed by atoms with Crippen molar-refractivity contribution in [2.45, 2.75) is 45.4 Å². The van der Waals surface area contributed by atoms with Crippen molar-refractivity contribution in [1.29, 1.82) is 0 Å². The van der Waals surface area contributed by atoms with Gasteiger partial charge in [-0.25, -0.2) is 8.42 Å². The van der Waals surface area contributed by atoms with Gasteiger partial charge in [0.05, 0.1) is 24.7 Å². The first-order valence-electron chi connectivity index (χ1n) is 6.92. The maximum absolute atomic E-state index is 11.5. The molecule has 0 aromatic heterocycles. The second kappa shape index (κ2) is 6.87. The van der Waals surface area contributed by atoms with E-state index in [1.165, 1.54) is 0 Å². The van der Waals surface area contributed by atoms with Crippen LogP contribution < -0.4 is 0 Å². The quantitative estimate of drug-likeness (QED) is 0.657. The monoisotopic (exact) mass is 278 g/mol. The van der Waals surface area contributed by atoms with Gasteiger partial charge in [-0.05, 0) is 18.8 Å². The highest BCUT2D eigenvalue weighted by molar-refractivity contribution is 7.91. The average Bonchev–Trinajstić information content (AvgIpc) is 2.71. The van der Waals surface area contributed by atoms with Crippen LogP contribution in [-0.2, 0) is 9.84 Å². The van der Waals surface area contributed by atoms with Crippen molar-refractivity contribution < 1.29 is 18.6 Å². The molecule has 0 radical (unpaired) electrons. The molecule has 4 nitrogen and oxygen atoms in total. The van der Waals surface area contributed by atoms with E-state index in [9.17, 15) is 18.6 Å². The fraction of sp³-hybridized carbons (Fsp3) is 1.00. The number of aliphatic hydroxyl groups excluding tert-OH is 2. The topological polar surface area (TPSA) is 74.6 Å². The molecule has 1 fully saturated rings. The first-order chi connectivity index (χ1) is 8.49. The number of unbranched alkanes of at least 4 members (excludes halogenated alkanes) is 3. The lowest BCUT2D eigenvalue weighted by molar-refractivity contribution is 0.00312. The van der Waals surface area contributed by atoms with Crippen molar-refractivity contribution in [1.82, 2.24) is 0 Å². The van der Waals surface area contributed by atoms with E-state index in [1.807, 2.05) is 0 Å².